The second-order valence-corrected chi connectivity index (χ2v) is 5.08. The summed E-state index contributed by atoms with van der Waals surface area (Å²) in [6, 6.07) is 3.19. The number of aromatic nitrogens is 1. The summed E-state index contributed by atoms with van der Waals surface area (Å²) in [5, 5.41) is 5.16. The molecule has 1 rings (SSSR count). The fourth-order valence-corrected chi connectivity index (χ4v) is 1.30. The largest absolute Gasteiger partial charge is 0.444 e. The molecule has 0 spiro atoms. The Morgan fingerprint density at radius 1 is 1.21 bits per heavy atom. The molecule has 19 heavy (non-hydrogen) atoms. The van der Waals surface area contributed by atoms with Gasteiger partial charge < -0.3 is 15.4 Å². The van der Waals surface area contributed by atoms with Gasteiger partial charge in [-0.3, -0.25) is 9.78 Å². The highest BCUT2D eigenvalue weighted by Crippen LogP contribution is 2.06. The molecule has 0 aliphatic carbocycles. The van der Waals surface area contributed by atoms with Gasteiger partial charge in [-0.1, -0.05) is 0 Å². The molecule has 0 aliphatic heterocycles. The molecule has 0 fully saturated rings. The van der Waals surface area contributed by atoms with E-state index in [0.717, 1.165) is 0 Å². The van der Waals surface area contributed by atoms with Crippen LogP contribution in [-0.2, 0) is 4.74 Å². The van der Waals surface area contributed by atoms with E-state index in [-0.39, 0.29) is 5.91 Å². The number of ether oxygens (including phenoxy) is 1. The maximum Gasteiger partial charge on any atom is 0.409 e. The van der Waals surface area contributed by atoms with E-state index in [0.29, 0.717) is 5.56 Å². The molecule has 0 saturated heterocycles. The molecule has 6 heteroatoms. The summed E-state index contributed by atoms with van der Waals surface area (Å²) in [6.45, 7) is 6.97. The van der Waals surface area contributed by atoms with Gasteiger partial charge in [0, 0.05) is 18.0 Å². The quantitative estimate of drug-likeness (QED) is 0.815. The lowest BCUT2D eigenvalue weighted by molar-refractivity contribution is 0.0499. The Kier molecular flexibility index (Phi) is 4.86. The van der Waals surface area contributed by atoms with E-state index in [2.05, 4.69) is 15.6 Å². The number of carbonyl (C=O) groups excluding carboxylic acids is 2. The summed E-state index contributed by atoms with van der Waals surface area (Å²) in [6.07, 6.45) is 1.95. The third-order valence-electron chi connectivity index (χ3n) is 2.02. The van der Waals surface area contributed by atoms with Gasteiger partial charge in [-0.05, 0) is 39.8 Å². The summed E-state index contributed by atoms with van der Waals surface area (Å²) in [5.41, 5.74) is -0.0910. The number of carbonyl (C=O) groups is 2. The molecule has 2 N–H and O–H groups in total. The van der Waals surface area contributed by atoms with Gasteiger partial charge in [0.05, 0.1) is 0 Å². The lowest BCUT2D eigenvalue weighted by Gasteiger charge is -2.22. The SMILES string of the molecule is CC(NC(=O)OC(C)(C)C)NC(=O)c1ccncc1. The van der Waals surface area contributed by atoms with Crippen molar-refractivity contribution in [3.8, 4) is 0 Å². The molecule has 104 valence electrons. The zero-order valence-corrected chi connectivity index (χ0v) is 11.6. The molecule has 1 aromatic heterocycles. The zero-order valence-electron chi connectivity index (χ0n) is 11.6. The summed E-state index contributed by atoms with van der Waals surface area (Å²) in [4.78, 5) is 27.1. The zero-order chi connectivity index (χ0) is 14.5. The van der Waals surface area contributed by atoms with Crippen molar-refractivity contribution in [1.82, 2.24) is 15.6 Å². The Morgan fingerprint density at radius 3 is 2.32 bits per heavy atom. The predicted octanol–water partition coefficient (Wildman–Crippen LogP) is 1.68. The third-order valence-corrected chi connectivity index (χ3v) is 2.02. The highest BCUT2D eigenvalue weighted by Gasteiger charge is 2.18. The smallest absolute Gasteiger partial charge is 0.409 e. The molecule has 1 heterocycles. The first-order valence-electron chi connectivity index (χ1n) is 5.98. The molecule has 0 aromatic carbocycles. The van der Waals surface area contributed by atoms with Crippen molar-refractivity contribution in [3.63, 3.8) is 0 Å². The molecule has 0 saturated carbocycles. The average molecular weight is 265 g/mol. The van der Waals surface area contributed by atoms with Gasteiger partial charge in [0.1, 0.15) is 11.8 Å². The Balaban J connectivity index is 2.45. The van der Waals surface area contributed by atoms with Gasteiger partial charge in [-0.2, -0.15) is 0 Å². The highest BCUT2D eigenvalue weighted by molar-refractivity contribution is 5.94. The van der Waals surface area contributed by atoms with Crippen molar-refractivity contribution < 1.29 is 14.3 Å². The number of hydrogen-bond acceptors (Lipinski definition) is 4. The van der Waals surface area contributed by atoms with E-state index in [1.165, 1.54) is 12.4 Å². The van der Waals surface area contributed by atoms with Crippen LogP contribution in [-0.4, -0.2) is 28.8 Å². The third kappa shape index (κ3) is 5.85. The fraction of sp³-hybridized carbons (Fsp3) is 0.462. The van der Waals surface area contributed by atoms with Crippen molar-refractivity contribution in [2.75, 3.05) is 0 Å². The van der Waals surface area contributed by atoms with Crippen molar-refractivity contribution in [2.45, 2.75) is 39.5 Å². The van der Waals surface area contributed by atoms with E-state index < -0.39 is 17.9 Å². The fourth-order valence-electron chi connectivity index (χ4n) is 1.30. The van der Waals surface area contributed by atoms with Crippen LogP contribution in [0.15, 0.2) is 24.5 Å². The van der Waals surface area contributed by atoms with Crippen LogP contribution < -0.4 is 10.6 Å². The van der Waals surface area contributed by atoms with Gasteiger partial charge >= 0.3 is 6.09 Å². The number of amides is 2. The number of pyridine rings is 1. The first-order valence-corrected chi connectivity index (χ1v) is 5.98. The lowest BCUT2D eigenvalue weighted by Crippen LogP contribution is -2.47. The maximum absolute atomic E-state index is 11.8. The summed E-state index contributed by atoms with van der Waals surface area (Å²) < 4.78 is 5.08. The Hall–Kier alpha value is -2.11. The maximum atomic E-state index is 11.8. The van der Waals surface area contributed by atoms with Crippen molar-refractivity contribution >= 4 is 12.0 Å². The van der Waals surface area contributed by atoms with Crippen LogP contribution in [0.3, 0.4) is 0 Å². The average Bonchev–Trinajstić information content (AvgIpc) is 2.27. The minimum absolute atomic E-state index is 0.286. The van der Waals surface area contributed by atoms with Crippen LogP contribution in [0.1, 0.15) is 38.1 Å². The van der Waals surface area contributed by atoms with Crippen LogP contribution in [0.2, 0.25) is 0 Å². The molecule has 0 aliphatic rings. The van der Waals surface area contributed by atoms with Crippen LogP contribution in [0.5, 0.6) is 0 Å². The number of hydrogen-bond donors (Lipinski definition) is 2. The van der Waals surface area contributed by atoms with Crippen LogP contribution >= 0.6 is 0 Å². The van der Waals surface area contributed by atoms with Crippen LogP contribution in [0.4, 0.5) is 4.79 Å². The number of nitrogens with one attached hydrogen (secondary N) is 2. The standard InChI is InChI=1S/C13H19N3O3/c1-9(16-12(18)19-13(2,3)4)15-11(17)10-5-7-14-8-6-10/h5-9H,1-4H3,(H,15,17)(H,16,18). The van der Waals surface area contributed by atoms with E-state index in [1.54, 1.807) is 39.8 Å². The molecule has 6 nitrogen and oxygen atoms in total. The van der Waals surface area contributed by atoms with Gasteiger partial charge in [0.2, 0.25) is 0 Å². The van der Waals surface area contributed by atoms with Crippen LogP contribution in [0.25, 0.3) is 0 Å². The van der Waals surface area contributed by atoms with Crippen molar-refractivity contribution in [2.24, 2.45) is 0 Å². The van der Waals surface area contributed by atoms with E-state index in [4.69, 9.17) is 4.74 Å². The first kappa shape index (κ1) is 14.9. The molecule has 1 unspecified atom stereocenters. The van der Waals surface area contributed by atoms with Gasteiger partial charge in [-0.15, -0.1) is 0 Å². The normalized spacial score (nSPS) is 12.4. The van der Waals surface area contributed by atoms with E-state index in [1.807, 2.05) is 0 Å². The summed E-state index contributed by atoms with van der Waals surface area (Å²) >= 11 is 0. The first-order chi connectivity index (χ1) is 8.78. The Morgan fingerprint density at radius 2 is 1.79 bits per heavy atom. The van der Waals surface area contributed by atoms with Gasteiger partial charge in [0.15, 0.2) is 0 Å². The monoisotopic (exact) mass is 265 g/mol. The van der Waals surface area contributed by atoms with E-state index >= 15 is 0 Å². The molecule has 0 radical (unpaired) electrons. The molecule has 0 bridgehead atoms. The molecular formula is C13H19N3O3. The lowest BCUT2D eigenvalue weighted by atomic mass is 10.2. The second-order valence-electron chi connectivity index (χ2n) is 5.08. The minimum Gasteiger partial charge on any atom is -0.444 e. The van der Waals surface area contributed by atoms with Crippen LogP contribution in [0, 0.1) is 0 Å². The molecule has 1 atom stereocenters. The highest BCUT2D eigenvalue weighted by atomic mass is 16.6. The Bertz CT molecular complexity index is 440. The van der Waals surface area contributed by atoms with Gasteiger partial charge in [-0.25, -0.2) is 4.79 Å². The number of nitrogens with zero attached hydrogens (tertiary/aromatic N) is 1. The van der Waals surface area contributed by atoms with Crippen molar-refractivity contribution in [3.05, 3.63) is 30.1 Å². The topological polar surface area (TPSA) is 80.3 Å². The molecule has 2 amide bonds. The molecular weight excluding hydrogens is 246 g/mol. The van der Waals surface area contributed by atoms with Crippen molar-refractivity contribution in [1.29, 1.82) is 0 Å². The van der Waals surface area contributed by atoms with E-state index in [9.17, 15) is 9.59 Å². The Labute approximate surface area is 112 Å². The second kappa shape index (κ2) is 6.17. The van der Waals surface area contributed by atoms with Gasteiger partial charge in [0.25, 0.3) is 5.91 Å². The predicted molar refractivity (Wildman–Crippen MR) is 70.5 cm³/mol. The number of rotatable bonds is 3. The summed E-state index contributed by atoms with van der Waals surface area (Å²) in [5.74, 6) is -0.286. The number of alkyl carbamates (subject to hydrolysis) is 1. The minimum atomic E-state index is -0.574. The molecule has 1 aromatic rings. The summed E-state index contributed by atoms with van der Waals surface area (Å²) in [7, 11) is 0.